The summed E-state index contributed by atoms with van der Waals surface area (Å²) in [6, 6.07) is 7.18. The van der Waals surface area contributed by atoms with Crippen molar-refractivity contribution in [1.82, 2.24) is 0 Å². The number of benzene rings is 1. The van der Waals surface area contributed by atoms with Crippen LogP contribution in [0.1, 0.15) is 32.8 Å². The Morgan fingerprint density at radius 3 is 2.26 bits per heavy atom. The standard InChI is InChI=1S/C15H20O4/c1-4-14(15(17)18-5-2)19-13-8-6-12(7-9-13)10-11(3)16/h6-9,14H,4-5,10H2,1-3H3. The van der Waals surface area contributed by atoms with Gasteiger partial charge in [0.1, 0.15) is 11.5 Å². The zero-order valence-electron chi connectivity index (χ0n) is 11.6. The third kappa shape index (κ3) is 5.12. The Labute approximate surface area is 113 Å². The number of hydrogen-bond donors (Lipinski definition) is 0. The normalized spacial score (nSPS) is 11.7. The molecule has 1 aromatic carbocycles. The van der Waals surface area contributed by atoms with Gasteiger partial charge in [0, 0.05) is 6.42 Å². The number of ketones is 1. The zero-order valence-corrected chi connectivity index (χ0v) is 11.6. The predicted octanol–water partition coefficient (Wildman–Crippen LogP) is 2.54. The minimum atomic E-state index is -0.585. The largest absolute Gasteiger partial charge is 0.479 e. The van der Waals surface area contributed by atoms with Crippen molar-refractivity contribution in [2.45, 2.75) is 39.7 Å². The maximum Gasteiger partial charge on any atom is 0.347 e. The minimum absolute atomic E-state index is 0.117. The summed E-state index contributed by atoms with van der Waals surface area (Å²) in [7, 11) is 0. The second-order valence-corrected chi connectivity index (χ2v) is 4.29. The number of ether oxygens (including phenoxy) is 2. The summed E-state index contributed by atoms with van der Waals surface area (Å²) in [5.41, 5.74) is 0.934. The highest BCUT2D eigenvalue weighted by Crippen LogP contribution is 2.16. The molecule has 0 bridgehead atoms. The number of esters is 1. The van der Waals surface area contributed by atoms with E-state index < -0.39 is 6.10 Å². The first-order valence-corrected chi connectivity index (χ1v) is 6.48. The molecule has 0 amide bonds. The van der Waals surface area contributed by atoms with E-state index in [4.69, 9.17) is 9.47 Å². The molecule has 1 rings (SSSR count). The van der Waals surface area contributed by atoms with Crippen LogP contribution in [0.3, 0.4) is 0 Å². The molecule has 1 atom stereocenters. The highest BCUT2D eigenvalue weighted by Gasteiger charge is 2.19. The molecule has 1 aromatic rings. The number of carbonyl (C=O) groups excluding carboxylic acids is 2. The molecule has 0 saturated carbocycles. The van der Waals surface area contributed by atoms with E-state index in [1.165, 1.54) is 0 Å². The van der Waals surface area contributed by atoms with Gasteiger partial charge in [0.05, 0.1) is 6.61 Å². The Morgan fingerprint density at radius 1 is 1.16 bits per heavy atom. The maximum atomic E-state index is 11.6. The lowest BCUT2D eigenvalue weighted by atomic mass is 10.1. The van der Waals surface area contributed by atoms with Gasteiger partial charge < -0.3 is 9.47 Å². The van der Waals surface area contributed by atoms with Gasteiger partial charge in [0.15, 0.2) is 6.10 Å². The third-order valence-electron chi connectivity index (χ3n) is 2.58. The molecule has 1 unspecified atom stereocenters. The van der Waals surface area contributed by atoms with Crippen molar-refractivity contribution in [2.24, 2.45) is 0 Å². The Bertz CT molecular complexity index is 422. The number of rotatable bonds is 7. The molecule has 0 aliphatic carbocycles. The van der Waals surface area contributed by atoms with Crippen molar-refractivity contribution < 1.29 is 19.1 Å². The summed E-state index contributed by atoms with van der Waals surface area (Å²) in [5.74, 6) is 0.372. The van der Waals surface area contributed by atoms with Crippen LogP contribution in [0.25, 0.3) is 0 Å². The average Bonchev–Trinajstić information content (AvgIpc) is 2.37. The molecular weight excluding hydrogens is 244 g/mol. The summed E-state index contributed by atoms with van der Waals surface area (Å²) in [6.07, 6.45) is 0.377. The Hall–Kier alpha value is -1.84. The van der Waals surface area contributed by atoms with E-state index >= 15 is 0 Å². The van der Waals surface area contributed by atoms with Crippen LogP contribution in [-0.4, -0.2) is 24.5 Å². The van der Waals surface area contributed by atoms with Gasteiger partial charge >= 0.3 is 5.97 Å². The number of Topliss-reactive ketones (excluding diaryl/α,β-unsaturated/α-hetero) is 1. The number of hydrogen-bond acceptors (Lipinski definition) is 4. The van der Waals surface area contributed by atoms with Crippen molar-refractivity contribution in [3.8, 4) is 5.75 Å². The van der Waals surface area contributed by atoms with Crippen molar-refractivity contribution in [3.63, 3.8) is 0 Å². The predicted molar refractivity (Wildman–Crippen MR) is 72.2 cm³/mol. The van der Waals surface area contributed by atoms with E-state index in [9.17, 15) is 9.59 Å². The van der Waals surface area contributed by atoms with Crippen LogP contribution in [0.15, 0.2) is 24.3 Å². The van der Waals surface area contributed by atoms with E-state index in [2.05, 4.69) is 0 Å². The summed E-state index contributed by atoms with van der Waals surface area (Å²) in [6.45, 7) is 5.53. The molecular formula is C15H20O4. The second kappa shape index (κ2) is 7.56. The molecule has 0 aromatic heterocycles. The molecule has 0 aliphatic heterocycles. The van der Waals surface area contributed by atoms with Gasteiger partial charge in [0.2, 0.25) is 0 Å². The van der Waals surface area contributed by atoms with Crippen LogP contribution >= 0.6 is 0 Å². The topological polar surface area (TPSA) is 52.6 Å². The Kier molecular flexibility index (Phi) is 6.06. The molecule has 0 saturated heterocycles. The SMILES string of the molecule is CCOC(=O)C(CC)Oc1ccc(CC(C)=O)cc1. The van der Waals surface area contributed by atoms with Crippen LogP contribution in [0.4, 0.5) is 0 Å². The first kappa shape index (κ1) is 15.2. The van der Waals surface area contributed by atoms with Crippen LogP contribution in [0.2, 0.25) is 0 Å². The summed E-state index contributed by atoms with van der Waals surface area (Å²) in [5, 5.41) is 0. The molecule has 0 radical (unpaired) electrons. The molecule has 0 spiro atoms. The highest BCUT2D eigenvalue weighted by molar-refractivity contribution is 5.78. The lowest BCUT2D eigenvalue weighted by Gasteiger charge is -2.16. The first-order chi connectivity index (χ1) is 9.06. The molecule has 4 nitrogen and oxygen atoms in total. The van der Waals surface area contributed by atoms with E-state index in [0.717, 1.165) is 5.56 Å². The van der Waals surface area contributed by atoms with Gasteiger partial charge in [-0.2, -0.15) is 0 Å². The molecule has 0 heterocycles. The lowest BCUT2D eigenvalue weighted by molar-refractivity contribution is -0.151. The fourth-order valence-corrected chi connectivity index (χ4v) is 1.67. The van der Waals surface area contributed by atoms with Gasteiger partial charge in [-0.15, -0.1) is 0 Å². The maximum absolute atomic E-state index is 11.6. The summed E-state index contributed by atoms with van der Waals surface area (Å²) < 4.78 is 10.5. The fourth-order valence-electron chi connectivity index (χ4n) is 1.67. The number of carbonyl (C=O) groups is 2. The smallest absolute Gasteiger partial charge is 0.347 e. The van der Waals surface area contributed by atoms with Crippen molar-refractivity contribution in [1.29, 1.82) is 0 Å². The van der Waals surface area contributed by atoms with E-state index in [0.29, 0.717) is 25.2 Å². The van der Waals surface area contributed by atoms with Gasteiger partial charge in [-0.3, -0.25) is 4.79 Å². The highest BCUT2D eigenvalue weighted by atomic mass is 16.6. The van der Waals surface area contributed by atoms with Gasteiger partial charge in [-0.1, -0.05) is 19.1 Å². The Balaban J connectivity index is 2.65. The van der Waals surface area contributed by atoms with E-state index in [-0.39, 0.29) is 11.8 Å². The molecule has 0 fully saturated rings. The molecule has 19 heavy (non-hydrogen) atoms. The van der Waals surface area contributed by atoms with Gasteiger partial charge in [0.25, 0.3) is 0 Å². The second-order valence-electron chi connectivity index (χ2n) is 4.29. The third-order valence-corrected chi connectivity index (χ3v) is 2.58. The minimum Gasteiger partial charge on any atom is -0.479 e. The molecule has 104 valence electrons. The lowest BCUT2D eigenvalue weighted by Crippen LogP contribution is -2.28. The van der Waals surface area contributed by atoms with Crippen molar-refractivity contribution in [3.05, 3.63) is 29.8 Å². The van der Waals surface area contributed by atoms with Crippen molar-refractivity contribution in [2.75, 3.05) is 6.61 Å². The summed E-state index contributed by atoms with van der Waals surface area (Å²) in [4.78, 5) is 22.6. The Morgan fingerprint density at radius 2 is 1.79 bits per heavy atom. The van der Waals surface area contributed by atoms with Crippen molar-refractivity contribution >= 4 is 11.8 Å². The van der Waals surface area contributed by atoms with Crippen LogP contribution in [0.5, 0.6) is 5.75 Å². The van der Waals surface area contributed by atoms with Crippen LogP contribution in [0, 0.1) is 0 Å². The van der Waals surface area contributed by atoms with Crippen LogP contribution in [-0.2, 0) is 20.7 Å². The fraction of sp³-hybridized carbons (Fsp3) is 0.467. The van der Waals surface area contributed by atoms with E-state index in [1.807, 2.05) is 19.1 Å². The zero-order chi connectivity index (χ0) is 14.3. The average molecular weight is 264 g/mol. The first-order valence-electron chi connectivity index (χ1n) is 6.48. The van der Waals surface area contributed by atoms with E-state index in [1.54, 1.807) is 26.0 Å². The summed E-state index contributed by atoms with van der Waals surface area (Å²) >= 11 is 0. The quantitative estimate of drug-likeness (QED) is 0.710. The van der Waals surface area contributed by atoms with Gasteiger partial charge in [-0.25, -0.2) is 4.79 Å². The molecule has 0 aliphatic rings. The van der Waals surface area contributed by atoms with Gasteiger partial charge in [-0.05, 0) is 38.0 Å². The molecule has 0 N–H and O–H groups in total. The monoisotopic (exact) mass is 264 g/mol. The molecule has 4 heteroatoms. The van der Waals surface area contributed by atoms with Crippen LogP contribution < -0.4 is 4.74 Å².